The Morgan fingerprint density at radius 3 is 2.53 bits per heavy atom. The Morgan fingerprint density at radius 1 is 1.26 bits per heavy atom. The van der Waals surface area contributed by atoms with E-state index in [1.165, 1.54) is 0 Å². The lowest BCUT2D eigenvalue weighted by atomic mass is 10.2. The van der Waals surface area contributed by atoms with E-state index in [2.05, 4.69) is 5.32 Å². The minimum Gasteiger partial charge on any atom is -0.494 e. The smallest absolute Gasteiger partial charge is 0.329 e. The largest absolute Gasteiger partial charge is 0.494 e. The van der Waals surface area contributed by atoms with Crippen molar-refractivity contribution in [2.24, 2.45) is 0 Å². The molecule has 0 saturated heterocycles. The van der Waals surface area contributed by atoms with Crippen LogP contribution in [0.25, 0.3) is 0 Å². The first-order chi connectivity index (χ1) is 9.13. The summed E-state index contributed by atoms with van der Waals surface area (Å²) in [7, 11) is 0. The molecule has 6 heteroatoms. The summed E-state index contributed by atoms with van der Waals surface area (Å²) < 4.78 is 10.1. The standard InChI is InChI=1S/C13H17NO5/c1-2-19-11-5-3-10(4-6-11)13(17)14-7-8-18-9-12(15)16/h3-6H,2,7-9H2,1H3,(H,14,17)(H,15,16). The number of benzene rings is 1. The molecule has 1 amide bonds. The van der Waals surface area contributed by atoms with Crippen molar-refractivity contribution in [2.75, 3.05) is 26.4 Å². The molecule has 0 saturated carbocycles. The van der Waals surface area contributed by atoms with Crippen molar-refractivity contribution < 1.29 is 24.2 Å². The molecule has 0 fully saturated rings. The number of carboxylic acid groups (broad SMARTS) is 1. The quantitative estimate of drug-likeness (QED) is 0.684. The SMILES string of the molecule is CCOc1ccc(C(=O)NCCOCC(=O)O)cc1. The summed E-state index contributed by atoms with van der Waals surface area (Å²) in [5, 5.41) is 11.0. The van der Waals surface area contributed by atoms with Gasteiger partial charge >= 0.3 is 5.97 Å². The monoisotopic (exact) mass is 267 g/mol. The van der Waals surface area contributed by atoms with Crippen molar-refractivity contribution in [2.45, 2.75) is 6.92 Å². The van der Waals surface area contributed by atoms with Gasteiger partial charge in [-0.15, -0.1) is 0 Å². The van der Waals surface area contributed by atoms with Gasteiger partial charge in [0.2, 0.25) is 0 Å². The number of carbonyl (C=O) groups excluding carboxylic acids is 1. The fourth-order valence-electron chi connectivity index (χ4n) is 1.37. The van der Waals surface area contributed by atoms with Gasteiger partial charge in [-0.1, -0.05) is 0 Å². The second kappa shape index (κ2) is 8.10. The highest BCUT2D eigenvalue weighted by Gasteiger charge is 2.05. The lowest BCUT2D eigenvalue weighted by Gasteiger charge is -2.06. The molecular weight excluding hydrogens is 250 g/mol. The maximum absolute atomic E-state index is 11.7. The van der Waals surface area contributed by atoms with E-state index in [-0.39, 0.29) is 25.7 Å². The highest BCUT2D eigenvalue weighted by atomic mass is 16.5. The van der Waals surface area contributed by atoms with Crippen molar-refractivity contribution in [1.82, 2.24) is 5.32 Å². The molecule has 1 rings (SSSR count). The van der Waals surface area contributed by atoms with Crippen LogP contribution in [-0.4, -0.2) is 43.3 Å². The molecule has 2 N–H and O–H groups in total. The van der Waals surface area contributed by atoms with Gasteiger partial charge in [0.05, 0.1) is 13.2 Å². The molecule has 0 bridgehead atoms. The number of nitrogens with one attached hydrogen (secondary N) is 1. The molecule has 0 unspecified atom stereocenters. The van der Waals surface area contributed by atoms with E-state index in [1.54, 1.807) is 24.3 Å². The van der Waals surface area contributed by atoms with Crippen LogP contribution in [0.15, 0.2) is 24.3 Å². The zero-order valence-corrected chi connectivity index (χ0v) is 10.7. The molecule has 0 spiro atoms. The fourth-order valence-corrected chi connectivity index (χ4v) is 1.37. The van der Waals surface area contributed by atoms with E-state index in [9.17, 15) is 9.59 Å². The van der Waals surface area contributed by atoms with Crippen LogP contribution >= 0.6 is 0 Å². The summed E-state index contributed by atoms with van der Waals surface area (Å²) in [6.07, 6.45) is 0. The second-order valence-corrected chi connectivity index (χ2v) is 3.66. The lowest BCUT2D eigenvalue weighted by Crippen LogP contribution is -2.27. The minimum atomic E-state index is -1.03. The highest BCUT2D eigenvalue weighted by Crippen LogP contribution is 2.11. The van der Waals surface area contributed by atoms with Gasteiger partial charge in [0.25, 0.3) is 5.91 Å². The number of ether oxygens (including phenoxy) is 2. The summed E-state index contributed by atoms with van der Waals surface area (Å²) in [6, 6.07) is 6.77. The Hall–Kier alpha value is -2.08. The topological polar surface area (TPSA) is 84.9 Å². The van der Waals surface area contributed by atoms with Gasteiger partial charge in [-0.05, 0) is 31.2 Å². The van der Waals surface area contributed by atoms with Crippen LogP contribution in [-0.2, 0) is 9.53 Å². The molecule has 19 heavy (non-hydrogen) atoms. The number of hydrogen-bond acceptors (Lipinski definition) is 4. The number of hydrogen-bond donors (Lipinski definition) is 2. The Labute approximate surface area is 111 Å². The summed E-state index contributed by atoms with van der Waals surface area (Å²) in [5.41, 5.74) is 0.515. The van der Waals surface area contributed by atoms with Crippen LogP contribution < -0.4 is 10.1 Å². The van der Waals surface area contributed by atoms with Crippen LogP contribution in [0.4, 0.5) is 0 Å². The maximum Gasteiger partial charge on any atom is 0.329 e. The first-order valence-electron chi connectivity index (χ1n) is 5.94. The molecule has 1 aromatic rings. The van der Waals surface area contributed by atoms with Crippen molar-refractivity contribution in [3.8, 4) is 5.75 Å². The van der Waals surface area contributed by atoms with Gasteiger partial charge in [-0.25, -0.2) is 4.79 Å². The molecule has 104 valence electrons. The third-order valence-corrected chi connectivity index (χ3v) is 2.19. The van der Waals surface area contributed by atoms with Crippen molar-refractivity contribution in [3.05, 3.63) is 29.8 Å². The van der Waals surface area contributed by atoms with Crippen LogP contribution in [0.3, 0.4) is 0 Å². The average molecular weight is 267 g/mol. The zero-order valence-electron chi connectivity index (χ0n) is 10.7. The van der Waals surface area contributed by atoms with Gasteiger partial charge in [-0.2, -0.15) is 0 Å². The summed E-state index contributed by atoms with van der Waals surface area (Å²) in [5.74, 6) is -0.552. The number of aliphatic carboxylic acids is 1. The van der Waals surface area contributed by atoms with Gasteiger partial charge in [-0.3, -0.25) is 4.79 Å². The Balaban J connectivity index is 2.30. The molecule has 0 radical (unpaired) electrons. The van der Waals surface area contributed by atoms with E-state index in [4.69, 9.17) is 14.6 Å². The average Bonchev–Trinajstić information content (AvgIpc) is 2.39. The minimum absolute atomic E-state index is 0.162. The predicted molar refractivity (Wildman–Crippen MR) is 68.4 cm³/mol. The van der Waals surface area contributed by atoms with Crippen LogP contribution in [0.1, 0.15) is 17.3 Å². The van der Waals surface area contributed by atoms with Crippen LogP contribution in [0.5, 0.6) is 5.75 Å². The molecule has 0 atom stereocenters. The Bertz CT molecular complexity index is 416. The summed E-state index contributed by atoms with van der Waals surface area (Å²) in [6.45, 7) is 2.53. The highest BCUT2D eigenvalue weighted by molar-refractivity contribution is 5.94. The molecule has 0 aliphatic heterocycles. The molecule has 0 aliphatic carbocycles. The van der Waals surface area contributed by atoms with E-state index >= 15 is 0 Å². The van der Waals surface area contributed by atoms with Crippen molar-refractivity contribution >= 4 is 11.9 Å². The predicted octanol–water partition coefficient (Wildman–Crippen LogP) is 0.916. The second-order valence-electron chi connectivity index (χ2n) is 3.66. The molecule has 6 nitrogen and oxygen atoms in total. The first-order valence-corrected chi connectivity index (χ1v) is 5.94. The van der Waals surface area contributed by atoms with E-state index in [0.29, 0.717) is 17.9 Å². The van der Waals surface area contributed by atoms with Gasteiger partial charge < -0.3 is 19.9 Å². The molecule has 0 aromatic heterocycles. The summed E-state index contributed by atoms with van der Waals surface area (Å²) in [4.78, 5) is 21.9. The van der Waals surface area contributed by atoms with E-state index in [1.807, 2.05) is 6.92 Å². The molecule has 0 aliphatic rings. The van der Waals surface area contributed by atoms with E-state index in [0.717, 1.165) is 0 Å². The Kier molecular flexibility index (Phi) is 6.38. The molecule has 1 aromatic carbocycles. The first kappa shape index (κ1) is 15.0. The third kappa shape index (κ3) is 5.87. The number of carboxylic acids is 1. The number of rotatable bonds is 8. The number of amides is 1. The van der Waals surface area contributed by atoms with Crippen LogP contribution in [0, 0.1) is 0 Å². The van der Waals surface area contributed by atoms with Crippen LogP contribution in [0.2, 0.25) is 0 Å². The normalized spacial score (nSPS) is 9.95. The van der Waals surface area contributed by atoms with Crippen molar-refractivity contribution in [1.29, 1.82) is 0 Å². The lowest BCUT2D eigenvalue weighted by molar-refractivity contribution is -0.142. The fraction of sp³-hybridized carbons (Fsp3) is 0.385. The van der Waals surface area contributed by atoms with Crippen molar-refractivity contribution in [3.63, 3.8) is 0 Å². The van der Waals surface area contributed by atoms with E-state index < -0.39 is 5.97 Å². The molecular formula is C13H17NO5. The molecule has 0 heterocycles. The summed E-state index contributed by atoms with van der Waals surface area (Å²) >= 11 is 0. The third-order valence-electron chi connectivity index (χ3n) is 2.19. The van der Waals surface area contributed by atoms with Gasteiger partial charge in [0.1, 0.15) is 12.4 Å². The Morgan fingerprint density at radius 2 is 1.95 bits per heavy atom. The zero-order chi connectivity index (χ0) is 14.1. The number of carbonyl (C=O) groups is 2. The van der Waals surface area contributed by atoms with Gasteiger partial charge in [0.15, 0.2) is 0 Å². The van der Waals surface area contributed by atoms with Gasteiger partial charge in [0, 0.05) is 12.1 Å². The maximum atomic E-state index is 11.7.